The first kappa shape index (κ1) is 14.1. The lowest BCUT2D eigenvalue weighted by Crippen LogP contribution is -2.26. The van der Waals surface area contributed by atoms with Crippen LogP contribution in [-0.2, 0) is 6.42 Å². The molecule has 0 aliphatic heterocycles. The molecule has 2 aromatic carbocycles. The number of carbonyl (C=O) groups excluding carboxylic acids is 1. The molecule has 0 atom stereocenters. The highest BCUT2D eigenvalue weighted by atomic mass is 16.5. The molecule has 0 aliphatic rings. The van der Waals surface area contributed by atoms with Crippen molar-refractivity contribution in [3.05, 3.63) is 59.8 Å². The van der Waals surface area contributed by atoms with E-state index in [1.54, 1.807) is 7.11 Å². The number of methoxy groups -OCH3 is 1. The number of aromatic amines is 1. The minimum Gasteiger partial charge on any atom is -0.496 e. The summed E-state index contributed by atoms with van der Waals surface area (Å²) in [5, 5.41) is 10.7. The smallest absolute Gasteiger partial charge is 0.272 e. The number of H-pyrrole nitrogens is 1. The molecule has 3 rings (SSSR count). The standard InChI is InChI=1S/C17H17N3O2/c1-22-15-9-5-2-6-12(15)10-11-18-17(21)16-13-7-3-4-8-14(13)19-20-16/h2-9H,10-11H2,1H3,(H,18,21)(H,19,20). The van der Waals surface area contributed by atoms with Crippen LogP contribution < -0.4 is 10.1 Å². The zero-order chi connectivity index (χ0) is 15.4. The van der Waals surface area contributed by atoms with Crippen LogP contribution in [0.1, 0.15) is 16.1 Å². The van der Waals surface area contributed by atoms with Crippen molar-refractivity contribution >= 4 is 16.8 Å². The number of aromatic nitrogens is 2. The Balaban J connectivity index is 1.65. The maximum atomic E-state index is 12.2. The predicted molar refractivity (Wildman–Crippen MR) is 85.1 cm³/mol. The van der Waals surface area contributed by atoms with E-state index < -0.39 is 0 Å². The number of ether oxygens (including phenoxy) is 1. The molecule has 1 amide bonds. The van der Waals surface area contributed by atoms with Crippen LogP contribution >= 0.6 is 0 Å². The fourth-order valence-electron chi connectivity index (χ4n) is 2.44. The number of carbonyl (C=O) groups is 1. The van der Waals surface area contributed by atoms with E-state index in [-0.39, 0.29) is 5.91 Å². The summed E-state index contributed by atoms with van der Waals surface area (Å²) < 4.78 is 5.30. The molecular formula is C17H17N3O2. The van der Waals surface area contributed by atoms with E-state index in [2.05, 4.69) is 15.5 Å². The van der Waals surface area contributed by atoms with Crippen molar-refractivity contribution in [2.24, 2.45) is 0 Å². The zero-order valence-corrected chi connectivity index (χ0v) is 12.3. The highest BCUT2D eigenvalue weighted by Crippen LogP contribution is 2.18. The molecule has 0 saturated carbocycles. The maximum absolute atomic E-state index is 12.2. The van der Waals surface area contributed by atoms with Gasteiger partial charge in [0.25, 0.3) is 5.91 Å². The molecule has 3 aromatic rings. The number of nitrogens with one attached hydrogen (secondary N) is 2. The lowest BCUT2D eigenvalue weighted by Gasteiger charge is -2.08. The van der Waals surface area contributed by atoms with Crippen LogP contribution in [0.5, 0.6) is 5.75 Å². The maximum Gasteiger partial charge on any atom is 0.272 e. The first-order valence-electron chi connectivity index (χ1n) is 7.13. The van der Waals surface area contributed by atoms with E-state index in [1.807, 2.05) is 48.5 Å². The average Bonchev–Trinajstić information content (AvgIpc) is 2.99. The third-order valence-corrected chi connectivity index (χ3v) is 3.56. The van der Waals surface area contributed by atoms with Gasteiger partial charge >= 0.3 is 0 Å². The van der Waals surface area contributed by atoms with Crippen molar-refractivity contribution in [2.75, 3.05) is 13.7 Å². The number of nitrogens with zero attached hydrogens (tertiary/aromatic N) is 1. The quantitative estimate of drug-likeness (QED) is 0.760. The van der Waals surface area contributed by atoms with Crippen LogP contribution in [0.2, 0.25) is 0 Å². The SMILES string of the molecule is COc1ccccc1CCNC(=O)c1n[nH]c2ccccc12. The summed E-state index contributed by atoms with van der Waals surface area (Å²) in [6.07, 6.45) is 0.706. The second-order valence-corrected chi connectivity index (χ2v) is 4.94. The van der Waals surface area contributed by atoms with E-state index in [0.717, 1.165) is 22.2 Å². The van der Waals surface area contributed by atoms with Gasteiger partial charge in [-0.3, -0.25) is 9.89 Å². The summed E-state index contributed by atoms with van der Waals surface area (Å²) in [4.78, 5) is 12.2. The molecule has 0 fully saturated rings. The molecule has 0 unspecified atom stereocenters. The summed E-state index contributed by atoms with van der Waals surface area (Å²) in [5.74, 6) is 0.661. The van der Waals surface area contributed by atoms with E-state index in [9.17, 15) is 4.79 Å². The lowest BCUT2D eigenvalue weighted by atomic mass is 10.1. The van der Waals surface area contributed by atoms with Gasteiger partial charge in [0, 0.05) is 11.9 Å². The monoisotopic (exact) mass is 295 g/mol. The Morgan fingerprint density at radius 3 is 2.82 bits per heavy atom. The Labute approximate surface area is 128 Å². The van der Waals surface area contributed by atoms with Gasteiger partial charge in [0.1, 0.15) is 5.75 Å². The second kappa shape index (κ2) is 6.30. The topological polar surface area (TPSA) is 67.0 Å². The van der Waals surface area contributed by atoms with Crippen LogP contribution in [0.15, 0.2) is 48.5 Å². The van der Waals surface area contributed by atoms with Crippen LogP contribution in [0, 0.1) is 0 Å². The summed E-state index contributed by atoms with van der Waals surface area (Å²) in [7, 11) is 1.65. The van der Waals surface area contributed by atoms with Gasteiger partial charge in [-0.15, -0.1) is 0 Å². The molecule has 0 radical (unpaired) electrons. The van der Waals surface area contributed by atoms with Crippen molar-refractivity contribution in [3.63, 3.8) is 0 Å². The lowest BCUT2D eigenvalue weighted by molar-refractivity contribution is 0.0950. The molecule has 0 aliphatic carbocycles. The van der Waals surface area contributed by atoms with Gasteiger partial charge in [-0.2, -0.15) is 5.10 Å². The summed E-state index contributed by atoms with van der Waals surface area (Å²) >= 11 is 0. The van der Waals surface area contributed by atoms with Gasteiger partial charge < -0.3 is 10.1 Å². The van der Waals surface area contributed by atoms with Crippen LogP contribution in [0.25, 0.3) is 10.9 Å². The summed E-state index contributed by atoms with van der Waals surface area (Å²) in [5.41, 5.74) is 2.35. The number of hydrogen-bond donors (Lipinski definition) is 2. The van der Waals surface area contributed by atoms with Gasteiger partial charge in [0.15, 0.2) is 5.69 Å². The average molecular weight is 295 g/mol. The summed E-state index contributed by atoms with van der Waals surface area (Å²) in [6, 6.07) is 15.4. The van der Waals surface area contributed by atoms with Crippen LogP contribution in [0.3, 0.4) is 0 Å². The van der Waals surface area contributed by atoms with Crippen molar-refractivity contribution in [3.8, 4) is 5.75 Å². The van der Waals surface area contributed by atoms with Gasteiger partial charge in [0.2, 0.25) is 0 Å². The van der Waals surface area contributed by atoms with E-state index in [1.165, 1.54) is 0 Å². The molecule has 1 aromatic heterocycles. The molecule has 0 spiro atoms. The van der Waals surface area contributed by atoms with Crippen LogP contribution in [0.4, 0.5) is 0 Å². The predicted octanol–water partition coefficient (Wildman–Crippen LogP) is 2.54. The Kier molecular flexibility index (Phi) is 4.05. The number of para-hydroxylation sites is 2. The Morgan fingerprint density at radius 2 is 1.95 bits per heavy atom. The van der Waals surface area contributed by atoms with Crippen molar-refractivity contribution in [1.29, 1.82) is 0 Å². The largest absolute Gasteiger partial charge is 0.496 e. The number of amides is 1. The van der Waals surface area contributed by atoms with Crippen molar-refractivity contribution in [2.45, 2.75) is 6.42 Å². The number of benzene rings is 2. The van der Waals surface area contributed by atoms with Gasteiger partial charge in [0.05, 0.1) is 12.6 Å². The molecular weight excluding hydrogens is 278 g/mol. The molecule has 5 heteroatoms. The number of fused-ring (bicyclic) bond motifs is 1. The van der Waals surface area contributed by atoms with Gasteiger partial charge in [-0.25, -0.2) is 0 Å². The minimum atomic E-state index is -0.174. The molecule has 2 N–H and O–H groups in total. The molecule has 22 heavy (non-hydrogen) atoms. The van der Waals surface area contributed by atoms with E-state index in [0.29, 0.717) is 18.7 Å². The Bertz CT molecular complexity index is 795. The number of rotatable bonds is 5. The molecule has 5 nitrogen and oxygen atoms in total. The highest BCUT2D eigenvalue weighted by molar-refractivity contribution is 6.04. The van der Waals surface area contributed by atoms with Gasteiger partial charge in [-0.1, -0.05) is 36.4 Å². The normalized spacial score (nSPS) is 10.6. The number of hydrogen-bond acceptors (Lipinski definition) is 3. The Morgan fingerprint density at radius 1 is 1.18 bits per heavy atom. The second-order valence-electron chi connectivity index (χ2n) is 4.94. The molecule has 0 saturated heterocycles. The van der Waals surface area contributed by atoms with E-state index >= 15 is 0 Å². The molecule has 112 valence electrons. The summed E-state index contributed by atoms with van der Waals surface area (Å²) in [6.45, 7) is 0.528. The minimum absolute atomic E-state index is 0.174. The zero-order valence-electron chi connectivity index (χ0n) is 12.3. The third kappa shape index (κ3) is 2.79. The highest BCUT2D eigenvalue weighted by Gasteiger charge is 2.13. The molecule has 1 heterocycles. The van der Waals surface area contributed by atoms with Gasteiger partial charge in [-0.05, 0) is 24.1 Å². The first-order valence-corrected chi connectivity index (χ1v) is 7.13. The fourth-order valence-corrected chi connectivity index (χ4v) is 2.44. The van der Waals surface area contributed by atoms with E-state index in [4.69, 9.17) is 4.74 Å². The molecule has 0 bridgehead atoms. The Hall–Kier alpha value is -2.82. The van der Waals surface area contributed by atoms with Crippen LogP contribution in [-0.4, -0.2) is 29.8 Å². The van der Waals surface area contributed by atoms with Crippen molar-refractivity contribution < 1.29 is 9.53 Å². The third-order valence-electron chi connectivity index (χ3n) is 3.56. The van der Waals surface area contributed by atoms with Crippen molar-refractivity contribution in [1.82, 2.24) is 15.5 Å². The first-order chi connectivity index (χ1) is 10.8. The fraction of sp³-hybridized carbons (Fsp3) is 0.176.